The molecule has 1 rings (SSSR count). The molecule has 0 aliphatic heterocycles. The molecule has 13 heavy (non-hydrogen) atoms. The zero-order valence-electron chi connectivity index (χ0n) is 9.64. The Morgan fingerprint density at radius 1 is 1.31 bits per heavy atom. The number of nitrogens with one attached hydrogen (secondary N) is 1. The SMILES string of the molecule is CCC(C)NC1CC(C)CCC1C. The van der Waals surface area contributed by atoms with Gasteiger partial charge in [-0.1, -0.05) is 27.2 Å². The molecule has 4 atom stereocenters. The third-order valence-corrected chi connectivity index (χ3v) is 3.57. The number of hydrogen-bond donors (Lipinski definition) is 1. The van der Waals surface area contributed by atoms with Crippen LogP contribution in [-0.4, -0.2) is 12.1 Å². The second-order valence-corrected chi connectivity index (χ2v) is 4.98. The van der Waals surface area contributed by atoms with Crippen molar-refractivity contribution in [3.63, 3.8) is 0 Å². The van der Waals surface area contributed by atoms with Gasteiger partial charge in [-0.2, -0.15) is 0 Å². The molecule has 0 amide bonds. The van der Waals surface area contributed by atoms with E-state index in [0.717, 1.165) is 17.9 Å². The van der Waals surface area contributed by atoms with Gasteiger partial charge in [0.15, 0.2) is 0 Å². The number of rotatable bonds is 3. The van der Waals surface area contributed by atoms with E-state index >= 15 is 0 Å². The van der Waals surface area contributed by atoms with Crippen LogP contribution in [0.5, 0.6) is 0 Å². The highest BCUT2D eigenvalue weighted by Gasteiger charge is 2.25. The summed E-state index contributed by atoms with van der Waals surface area (Å²) in [6.07, 6.45) is 5.47. The molecule has 0 aromatic carbocycles. The average Bonchev–Trinajstić information content (AvgIpc) is 2.11. The van der Waals surface area contributed by atoms with Crippen LogP contribution in [0.4, 0.5) is 0 Å². The van der Waals surface area contributed by atoms with Gasteiger partial charge >= 0.3 is 0 Å². The quantitative estimate of drug-likeness (QED) is 0.708. The van der Waals surface area contributed by atoms with Crippen molar-refractivity contribution in [2.24, 2.45) is 11.8 Å². The minimum absolute atomic E-state index is 0.692. The van der Waals surface area contributed by atoms with Crippen molar-refractivity contribution in [2.75, 3.05) is 0 Å². The second kappa shape index (κ2) is 4.99. The molecule has 1 N–H and O–H groups in total. The molecule has 1 aliphatic rings. The maximum Gasteiger partial charge on any atom is 0.00977 e. The maximum atomic E-state index is 3.75. The third kappa shape index (κ3) is 3.30. The lowest BCUT2D eigenvalue weighted by Crippen LogP contribution is -2.43. The fourth-order valence-electron chi connectivity index (χ4n) is 2.25. The average molecular weight is 183 g/mol. The lowest BCUT2D eigenvalue weighted by atomic mass is 9.80. The highest BCUT2D eigenvalue weighted by molar-refractivity contribution is 4.82. The van der Waals surface area contributed by atoms with Gasteiger partial charge in [-0.15, -0.1) is 0 Å². The molecule has 0 spiro atoms. The Morgan fingerprint density at radius 3 is 2.62 bits per heavy atom. The van der Waals surface area contributed by atoms with E-state index in [1.807, 2.05) is 0 Å². The van der Waals surface area contributed by atoms with E-state index in [1.165, 1.54) is 25.7 Å². The van der Waals surface area contributed by atoms with Crippen LogP contribution < -0.4 is 5.32 Å². The van der Waals surface area contributed by atoms with E-state index in [4.69, 9.17) is 0 Å². The van der Waals surface area contributed by atoms with Crippen LogP contribution in [-0.2, 0) is 0 Å². The largest absolute Gasteiger partial charge is 0.311 e. The summed E-state index contributed by atoms with van der Waals surface area (Å²) < 4.78 is 0. The van der Waals surface area contributed by atoms with E-state index < -0.39 is 0 Å². The molecule has 0 aromatic heterocycles. The van der Waals surface area contributed by atoms with E-state index in [1.54, 1.807) is 0 Å². The highest BCUT2D eigenvalue weighted by atomic mass is 14.9. The van der Waals surface area contributed by atoms with Crippen molar-refractivity contribution in [2.45, 2.75) is 65.5 Å². The zero-order valence-corrected chi connectivity index (χ0v) is 9.64. The summed E-state index contributed by atoms with van der Waals surface area (Å²) >= 11 is 0. The van der Waals surface area contributed by atoms with Crippen molar-refractivity contribution in [1.29, 1.82) is 0 Å². The molecule has 1 heteroatoms. The summed E-state index contributed by atoms with van der Waals surface area (Å²) in [5.41, 5.74) is 0. The molecular weight excluding hydrogens is 158 g/mol. The minimum Gasteiger partial charge on any atom is -0.311 e. The summed E-state index contributed by atoms with van der Waals surface area (Å²) in [6, 6.07) is 1.47. The Hall–Kier alpha value is -0.0400. The van der Waals surface area contributed by atoms with Gasteiger partial charge in [-0.05, 0) is 38.0 Å². The molecule has 0 heterocycles. The van der Waals surface area contributed by atoms with Crippen LogP contribution >= 0.6 is 0 Å². The van der Waals surface area contributed by atoms with E-state index in [9.17, 15) is 0 Å². The van der Waals surface area contributed by atoms with Crippen LogP contribution in [0.1, 0.15) is 53.4 Å². The Morgan fingerprint density at radius 2 is 2.00 bits per heavy atom. The van der Waals surface area contributed by atoms with Crippen LogP contribution in [0, 0.1) is 11.8 Å². The van der Waals surface area contributed by atoms with Crippen LogP contribution in [0.15, 0.2) is 0 Å². The van der Waals surface area contributed by atoms with Crippen molar-refractivity contribution in [3.05, 3.63) is 0 Å². The molecule has 1 aliphatic carbocycles. The molecule has 0 radical (unpaired) electrons. The summed E-state index contributed by atoms with van der Waals surface area (Å²) in [5.74, 6) is 1.81. The monoisotopic (exact) mass is 183 g/mol. The van der Waals surface area contributed by atoms with Crippen molar-refractivity contribution >= 4 is 0 Å². The lowest BCUT2D eigenvalue weighted by Gasteiger charge is -2.35. The molecule has 4 unspecified atom stereocenters. The molecule has 1 saturated carbocycles. The molecule has 1 fully saturated rings. The zero-order chi connectivity index (χ0) is 9.84. The smallest absolute Gasteiger partial charge is 0.00977 e. The molecule has 78 valence electrons. The third-order valence-electron chi connectivity index (χ3n) is 3.57. The van der Waals surface area contributed by atoms with E-state index in [-0.39, 0.29) is 0 Å². The van der Waals surface area contributed by atoms with E-state index in [0.29, 0.717) is 6.04 Å². The first kappa shape index (κ1) is 11.0. The Balaban J connectivity index is 2.37. The van der Waals surface area contributed by atoms with Gasteiger partial charge in [-0.25, -0.2) is 0 Å². The lowest BCUT2D eigenvalue weighted by molar-refractivity contribution is 0.214. The van der Waals surface area contributed by atoms with Gasteiger partial charge in [0, 0.05) is 12.1 Å². The Kier molecular flexibility index (Phi) is 4.24. The summed E-state index contributed by atoms with van der Waals surface area (Å²) in [4.78, 5) is 0. The summed E-state index contributed by atoms with van der Waals surface area (Å²) in [6.45, 7) is 9.34. The fraction of sp³-hybridized carbons (Fsp3) is 1.00. The molecule has 1 nitrogen and oxygen atoms in total. The van der Waals surface area contributed by atoms with Gasteiger partial charge < -0.3 is 5.32 Å². The van der Waals surface area contributed by atoms with Gasteiger partial charge in [0.1, 0.15) is 0 Å². The summed E-state index contributed by atoms with van der Waals surface area (Å²) in [7, 11) is 0. The fourth-order valence-corrected chi connectivity index (χ4v) is 2.25. The normalized spacial score (nSPS) is 37.4. The number of hydrogen-bond acceptors (Lipinski definition) is 1. The van der Waals surface area contributed by atoms with Gasteiger partial charge in [0.2, 0.25) is 0 Å². The van der Waals surface area contributed by atoms with Crippen molar-refractivity contribution < 1.29 is 0 Å². The molecule has 0 aromatic rings. The minimum atomic E-state index is 0.692. The standard InChI is InChI=1S/C12H25N/c1-5-11(4)13-12-8-9(2)6-7-10(12)3/h9-13H,5-8H2,1-4H3. The van der Waals surface area contributed by atoms with Crippen LogP contribution in [0.25, 0.3) is 0 Å². The molecule has 0 saturated heterocycles. The topological polar surface area (TPSA) is 12.0 Å². The first-order valence-electron chi connectivity index (χ1n) is 5.89. The Labute approximate surface area is 83.3 Å². The van der Waals surface area contributed by atoms with Gasteiger partial charge in [-0.3, -0.25) is 0 Å². The second-order valence-electron chi connectivity index (χ2n) is 4.98. The first-order chi connectivity index (χ1) is 6.13. The highest BCUT2D eigenvalue weighted by Crippen LogP contribution is 2.28. The van der Waals surface area contributed by atoms with Crippen LogP contribution in [0.3, 0.4) is 0 Å². The van der Waals surface area contributed by atoms with E-state index in [2.05, 4.69) is 33.0 Å². The van der Waals surface area contributed by atoms with Gasteiger partial charge in [0.25, 0.3) is 0 Å². The predicted molar refractivity (Wildman–Crippen MR) is 58.9 cm³/mol. The summed E-state index contributed by atoms with van der Waals surface area (Å²) in [5, 5.41) is 3.75. The van der Waals surface area contributed by atoms with Crippen molar-refractivity contribution in [1.82, 2.24) is 5.32 Å². The molecular formula is C12H25N. The maximum absolute atomic E-state index is 3.75. The molecule has 0 bridgehead atoms. The predicted octanol–water partition coefficient (Wildman–Crippen LogP) is 3.20. The Bertz CT molecular complexity index is 144. The van der Waals surface area contributed by atoms with Gasteiger partial charge in [0.05, 0.1) is 0 Å². The van der Waals surface area contributed by atoms with Crippen LogP contribution in [0.2, 0.25) is 0 Å². The first-order valence-corrected chi connectivity index (χ1v) is 5.89. The van der Waals surface area contributed by atoms with Crippen molar-refractivity contribution in [3.8, 4) is 0 Å².